The number of hydrogen-bond acceptors (Lipinski definition) is 4. The molecule has 3 heterocycles. The van der Waals surface area contributed by atoms with E-state index in [-0.39, 0.29) is 0 Å². The van der Waals surface area contributed by atoms with Crippen molar-refractivity contribution < 1.29 is 4.74 Å². The third-order valence-corrected chi connectivity index (χ3v) is 3.29. The minimum Gasteiger partial charge on any atom is -0.481 e. The summed E-state index contributed by atoms with van der Waals surface area (Å²) in [6, 6.07) is 0.370. The van der Waals surface area contributed by atoms with Gasteiger partial charge in [0, 0.05) is 6.04 Å². The number of ether oxygens (including phenoxy) is 1. The maximum atomic E-state index is 5.35. The average Bonchev–Trinajstić information content (AvgIpc) is 2.83. The average molecular weight is 232 g/mol. The van der Waals surface area contributed by atoms with Crippen molar-refractivity contribution in [2.75, 3.05) is 13.7 Å². The van der Waals surface area contributed by atoms with Crippen LogP contribution in [0.3, 0.4) is 0 Å². The fourth-order valence-electron chi connectivity index (χ4n) is 2.43. The molecule has 2 aromatic rings. The molecular formula is C12H16N4O. The van der Waals surface area contributed by atoms with Crippen molar-refractivity contribution in [3.8, 4) is 5.88 Å². The molecule has 5 heteroatoms. The number of nitrogens with zero attached hydrogens (tertiary/aromatic N) is 3. The normalized spacial score (nSPS) is 20.6. The first-order chi connectivity index (χ1) is 8.40. The summed E-state index contributed by atoms with van der Waals surface area (Å²) in [5.41, 5.74) is 2.01. The second-order valence-electron chi connectivity index (χ2n) is 4.33. The molecule has 0 aliphatic carbocycles. The summed E-state index contributed by atoms with van der Waals surface area (Å²) in [6.07, 6.45) is 9.07. The molecule has 0 radical (unpaired) electrons. The topological polar surface area (TPSA) is 51.5 Å². The molecule has 1 N–H and O–H groups in total. The summed E-state index contributed by atoms with van der Waals surface area (Å²) < 4.78 is 7.39. The first kappa shape index (κ1) is 10.5. The Morgan fingerprint density at radius 1 is 1.35 bits per heavy atom. The van der Waals surface area contributed by atoms with Gasteiger partial charge in [-0.15, -0.1) is 0 Å². The van der Waals surface area contributed by atoms with Gasteiger partial charge in [0.15, 0.2) is 5.65 Å². The van der Waals surface area contributed by atoms with Gasteiger partial charge in [-0.05, 0) is 19.4 Å². The van der Waals surface area contributed by atoms with Crippen LogP contribution >= 0.6 is 0 Å². The van der Waals surface area contributed by atoms with Gasteiger partial charge in [0.25, 0.3) is 0 Å². The third kappa shape index (κ3) is 1.76. The van der Waals surface area contributed by atoms with E-state index in [1.807, 2.05) is 10.6 Å². The van der Waals surface area contributed by atoms with Crippen molar-refractivity contribution in [1.29, 1.82) is 0 Å². The highest BCUT2D eigenvalue weighted by atomic mass is 16.5. The fraction of sp³-hybridized carbons (Fsp3) is 0.500. The number of hydrogen-bond donors (Lipinski definition) is 1. The minimum atomic E-state index is 0.370. The van der Waals surface area contributed by atoms with Crippen molar-refractivity contribution in [1.82, 2.24) is 19.7 Å². The molecule has 0 saturated carbocycles. The summed E-state index contributed by atoms with van der Waals surface area (Å²) in [5, 5.41) is 3.53. The highest BCUT2D eigenvalue weighted by molar-refractivity contribution is 5.42. The molecule has 0 aromatic carbocycles. The van der Waals surface area contributed by atoms with Gasteiger partial charge in [0.1, 0.15) is 0 Å². The Morgan fingerprint density at radius 3 is 3.06 bits per heavy atom. The van der Waals surface area contributed by atoms with Gasteiger partial charge in [-0.1, -0.05) is 6.42 Å². The molecule has 5 nitrogen and oxygen atoms in total. The molecule has 17 heavy (non-hydrogen) atoms. The smallest absolute Gasteiger partial charge is 0.218 e. The summed E-state index contributed by atoms with van der Waals surface area (Å²) >= 11 is 0. The van der Waals surface area contributed by atoms with Crippen LogP contribution < -0.4 is 10.1 Å². The van der Waals surface area contributed by atoms with E-state index < -0.39 is 0 Å². The summed E-state index contributed by atoms with van der Waals surface area (Å²) in [6.45, 7) is 1.07. The maximum absolute atomic E-state index is 5.35. The van der Waals surface area contributed by atoms with Gasteiger partial charge in [0.2, 0.25) is 5.88 Å². The SMILES string of the molecule is COc1cncc2ncc(C3CCCCN3)n12. The van der Waals surface area contributed by atoms with E-state index in [0.29, 0.717) is 6.04 Å². The van der Waals surface area contributed by atoms with Crippen LogP contribution in [-0.4, -0.2) is 28.0 Å². The molecule has 1 aliphatic rings. The Balaban J connectivity index is 2.09. The Labute approximate surface area is 99.8 Å². The van der Waals surface area contributed by atoms with Crippen molar-refractivity contribution in [3.05, 3.63) is 24.3 Å². The predicted molar refractivity (Wildman–Crippen MR) is 64.1 cm³/mol. The molecular weight excluding hydrogens is 216 g/mol. The van der Waals surface area contributed by atoms with E-state index in [1.165, 1.54) is 18.5 Å². The lowest BCUT2D eigenvalue weighted by molar-refractivity contribution is 0.372. The van der Waals surface area contributed by atoms with Gasteiger partial charge >= 0.3 is 0 Å². The standard InChI is InChI=1S/C12H16N4O/c1-17-12-8-13-7-11-15-6-10(16(11)12)9-4-2-3-5-14-9/h6-9,14H,2-5H2,1H3. The summed E-state index contributed by atoms with van der Waals surface area (Å²) in [4.78, 5) is 8.50. The lowest BCUT2D eigenvalue weighted by Crippen LogP contribution is -2.27. The van der Waals surface area contributed by atoms with Crippen LogP contribution in [0, 0.1) is 0 Å². The molecule has 90 valence electrons. The lowest BCUT2D eigenvalue weighted by atomic mass is 10.0. The minimum absolute atomic E-state index is 0.370. The second kappa shape index (κ2) is 4.33. The van der Waals surface area contributed by atoms with Gasteiger partial charge in [-0.2, -0.15) is 0 Å². The third-order valence-electron chi connectivity index (χ3n) is 3.29. The van der Waals surface area contributed by atoms with Crippen molar-refractivity contribution in [2.24, 2.45) is 0 Å². The van der Waals surface area contributed by atoms with E-state index in [2.05, 4.69) is 15.3 Å². The molecule has 1 atom stereocenters. The Morgan fingerprint density at radius 2 is 2.29 bits per heavy atom. The molecule has 1 fully saturated rings. The Hall–Kier alpha value is -1.62. The van der Waals surface area contributed by atoms with Crippen LogP contribution in [0.2, 0.25) is 0 Å². The monoisotopic (exact) mass is 232 g/mol. The molecule has 0 spiro atoms. The quantitative estimate of drug-likeness (QED) is 0.853. The molecule has 1 saturated heterocycles. The van der Waals surface area contributed by atoms with Crippen LogP contribution in [0.1, 0.15) is 31.0 Å². The van der Waals surface area contributed by atoms with Crippen molar-refractivity contribution in [3.63, 3.8) is 0 Å². The number of piperidine rings is 1. The van der Waals surface area contributed by atoms with E-state index in [0.717, 1.165) is 24.5 Å². The van der Waals surface area contributed by atoms with Gasteiger partial charge in [-0.25, -0.2) is 4.98 Å². The van der Waals surface area contributed by atoms with Crippen LogP contribution in [0.4, 0.5) is 0 Å². The second-order valence-corrected chi connectivity index (χ2v) is 4.33. The van der Waals surface area contributed by atoms with E-state index in [9.17, 15) is 0 Å². The number of methoxy groups -OCH3 is 1. The highest BCUT2D eigenvalue weighted by Gasteiger charge is 2.20. The molecule has 0 bridgehead atoms. The van der Waals surface area contributed by atoms with Gasteiger partial charge in [0.05, 0.1) is 31.4 Å². The molecule has 1 aliphatic heterocycles. The van der Waals surface area contributed by atoms with Crippen LogP contribution in [0.25, 0.3) is 5.65 Å². The van der Waals surface area contributed by atoms with Crippen LogP contribution in [0.15, 0.2) is 18.6 Å². The fourth-order valence-corrected chi connectivity index (χ4v) is 2.43. The van der Waals surface area contributed by atoms with E-state index in [4.69, 9.17) is 4.74 Å². The van der Waals surface area contributed by atoms with Crippen LogP contribution in [0.5, 0.6) is 5.88 Å². The lowest BCUT2D eigenvalue weighted by Gasteiger charge is -2.23. The highest BCUT2D eigenvalue weighted by Crippen LogP contribution is 2.26. The number of aromatic nitrogens is 3. The molecule has 3 rings (SSSR count). The maximum Gasteiger partial charge on any atom is 0.218 e. The largest absolute Gasteiger partial charge is 0.481 e. The number of fused-ring (bicyclic) bond motifs is 1. The molecule has 2 aromatic heterocycles. The first-order valence-electron chi connectivity index (χ1n) is 5.99. The number of nitrogens with one attached hydrogen (secondary N) is 1. The Bertz CT molecular complexity index is 516. The zero-order chi connectivity index (χ0) is 11.7. The first-order valence-corrected chi connectivity index (χ1v) is 5.99. The van der Waals surface area contributed by atoms with Crippen molar-refractivity contribution in [2.45, 2.75) is 25.3 Å². The molecule has 1 unspecified atom stereocenters. The number of imidazole rings is 1. The Kier molecular flexibility index (Phi) is 2.68. The van der Waals surface area contributed by atoms with Gasteiger partial charge in [-0.3, -0.25) is 9.38 Å². The predicted octanol–water partition coefficient (Wildman–Crippen LogP) is 1.55. The molecule has 0 amide bonds. The summed E-state index contributed by atoms with van der Waals surface area (Å²) in [5.74, 6) is 0.738. The van der Waals surface area contributed by atoms with Crippen molar-refractivity contribution >= 4 is 5.65 Å². The zero-order valence-electron chi connectivity index (χ0n) is 9.89. The van der Waals surface area contributed by atoms with Gasteiger partial charge < -0.3 is 10.1 Å². The zero-order valence-corrected chi connectivity index (χ0v) is 9.89. The summed E-state index contributed by atoms with van der Waals surface area (Å²) in [7, 11) is 1.66. The number of rotatable bonds is 2. The van der Waals surface area contributed by atoms with E-state index in [1.54, 1.807) is 19.5 Å². The van der Waals surface area contributed by atoms with Crippen LogP contribution in [-0.2, 0) is 0 Å². The van der Waals surface area contributed by atoms with E-state index >= 15 is 0 Å².